The van der Waals surface area contributed by atoms with Crippen molar-refractivity contribution >= 4 is 23.0 Å². The number of hydrogen-bond acceptors (Lipinski definition) is 1. The molecule has 144 valence electrons. The number of rotatable bonds is 1. The van der Waals surface area contributed by atoms with Crippen LogP contribution >= 0.6 is 0 Å². The Kier molecular flexibility index (Phi) is 3.73. The largest absolute Gasteiger partial charge is 0.316 e. The van der Waals surface area contributed by atoms with Gasteiger partial charge in [0.25, 0.3) is 0 Å². The van der Waals surface area contributed by atoms with E-state index >= 15 is 0 Å². The molecule has 0 fully saturated rings. The summed E-state index contributed by atoms with van der Waals surface area (Å²) < 4.78 is 0. The van der Waals surface area contributed by atoms with Crippen LogP contribution in [0.25, 0.3) is 22.8 Å². The fraction of sp³-hybridized carbons (Fsp3) is 0.103. The van der Waals surface area contributed by atoms with Gasteiger partial charge in [0.05, 0.1) is 5.69 Å². The van der Waals surface area contributed by atoms with Gasteiger partial charge in [-0.05, 0) is 76.9 Å². The van der Waals surface area contributed by atoms with Gasteiger partial charge in [0, 0.05) is 17.5 Å². The summed E-state index contributed by atoms with van der Waals surface area (Å²) in [6.07, 6.45) is 15.2. The van der Waals surface area contributed by atoms with E-state index in [2.05, 4.69) is 104 Å². The number of benzene rings is 3. The van der Waals surface area contributed by atoms with E-state index in [1.165, 1.54) is 55.9 Å². The van der Waals surface area contributed by atoms with Crippen molar-refractivity contribution < 1.29 is 0 Å². The van der Waals surface area contributed by atoms with E-state index in [1.54, 1.807) is 0 Å². The third kappa shape index (κ3) is 2.42. The Bertz CT molecular complexity index is 1300. The molecule has 0 atom stereocenters. The highest BCUT2D eigenvalue weighted by Gasteiger charge is 2.32. The Morgan fingerprint density at radius 3 is 2.57 bits per heavy atom. The van der Waals surface area contributed by atoms with Crippen LogP contribution in [0.15, 0.2) is 85.6 Å². The molecule has 0 bridgehead atoms. The van der Waals surface area contributed by atoms with Crippen LogP contribution in [0, 0.1) is 6.92 Å². The number of fused-ring (bicyclic) bond motifs is 8. The number of nitrogens with zero attached hydrogens (tertiary/aromatic N) is 1. The van der Waals surface area contributed by atoms with E-state index in [4.69, 9.17) is 0 Å². The minimum atomic E-state index is 0.967. The van der Waals surface area contributed by atoms with Gasteiger partial charge in [0.2, 0.25) is 0 Å². The van der Waals surface area contributed by atoms with Crippen molar-refractivity contribution in [1.29, 1.82) is 0 Å². The second kappa shape index (κ2) is 6.47. The van der Waals surface area contributed by atoms with Crippen LogP contribution in [0.4, 0.5) is 11.4 Å². The smallest absolute Gasteiger partial charge is 0.0581 e. The monoisotopic (exact) mass is 385 g/mol. The Labute approximate surface area is 178 Å². The minimum absolute atomic E-state index is 0.967. The molecule has 3 aliphatic rings. The van der Waals surface area contributed by atoms with Crippen molar-refractivity contribution in [3.8, 4) is 11.1 Å². The normalized spacial score (nSPS) is 17.6. The van der Waals surface area contributed by atoms with Crippen LogP contribution in [0.5, 0.6) is 0 Å². The summed E-state index contributed by atoms with van der Waals surface area (Å²) in [5.41, 5.74) is 14.5. The van der Waals surface area contributed by atoms with Crippen molar-refractivity contribution in [2.24, 2.45) is 0 Å². The second-order valence-corrected chi connectivity index (χ2v) is 8.34. The summed E-state index contributed by atoms with van der Waals surface area (Å²) >= 11 is 0. The van der Waals surface area contributed by atoms with Crippen LogP contribution < -0.4 is 4.90 Å². The van der Waals surface area contributed by atoms with Gasteiger partial charge in [0.15, 0.2) is 0 Å². The standard InChI is InChI=1S/C29H23N/c1-19-13-15-22(16-14-19)30-17-6-5-8-20(2)27-28-23-10-4-3-9-21(23)18-26(28)24-11-7-12-25(24)29(27)30/h3-11,13-17H,2,12,18H2,1H3/b8-5-,17-6-. The molecule has 1 nitrogen and oxygen atoms in total. The molecule has 0 saturated heterocycles. The first-order valence-corrected chi connectivity index (χ1v) is 10.6. The summed E-state index contributed by atoms with van der Waals surface area (Å²) in [5.74, 6) is 0. The zero-order valence-corrected chi connectivity index (χ0v) is 17.2. The fourth-order valence-corrected chi connectivity index (χ4v) is 5.12. The molecule has 3 aromatic carbocycles. The van der Waals surface area contributed by atoms with E-state index in [0.29, 0.717) is 0 Å². The molecule has 0 N–H and O–H groups in total. The van der Waals surface area contributed by atoms with Crippen LogP contribution in [-0.4, -0.2) is 0 Å². The molecule has 0 spiro atoms. The van der Waals surface area contributed by atoms with Gasteiger partial charge in [-0.3, -0.25) is 0 Å². The van der Waals surface area contributed by atoms with Crippen molar-refractivity contribution in [2.75, 3.05) is 4.90 Å². The van der Waals surface area contributed by atoms with E-state index in [9.17, 15) is 0 Å². The van der Waals surface area contributed by atoms with Gasteiger partial charge in [0.1, 0.15) is 0 Å². The number of hydrogen-bond donors (Lipinski definition) is 0. The highest BCUT2D eigenvalue weighted by molar-refractivity contribution is 6.01. The lowest BCUT2D eigenvalue weighted by molar-refractivity contribution is 1.17. The average molecular weight is 386 g/mol. The molecular formula is C29H23N. The van der Waals surface area contributed by atoms with E-state index in [-0.39, 0.29) is 0 Å². The van der Waals surface area contributed by atoms with Crippen LogP contribution in [0.3, 0.4) is 0 Å². The summed E-state index contributed by atoms with van der Waals surface area (Å²) in [6, 6.07) is 17.7. The third-order valence-corrected chi connectivity index (χ3v) is 6.50. The molecule has 1 aliphatic heterocycles. The van der Waals surface area contributed by atoms with Crippen molar-refractivity contribution in [3.63, 3.8) is 0 Å². The van der Waals surface area contributed by atoms with Gasteiger partial charge in [-0.25, -0.2) is 0 Å². The van der Waals surface area contributed by atoms with Crippen molar-refractivity contribution in [2.45, 2.75) is 19.8 Å². The Morgan fingerprint density at radius 1 is 0.867 bits per heavy atom. The van der Waals surface area contributed by atoms with E-state index in [0.717, 1.165) is 18.4 Å². The number of allylic oxidation sites excluding steroid dienone is 5. The molecule has 0 aromatic heterocycles. The molecule has 0 amide bonds. The lowest BCUT2D eigenvalue weighted by Crippen LogP contribution is -2.15. The predicted molar refractivity (Wildman–Crippen MR) is 128 cm³/mol. The van der Waals surface area contributed by atoms with Gasteiger partial charge in [-0.2, -0.15) is 0 Å². The molecule has 3 aromatic rings. The van der Waals surface area contributed by atoms with Crippen LogP contribution in [0.1, 0.15) is 33.4 Å². The topological polar surface area (TPSA) is 3.24 Å². The van der Waals surface area contributed by atoms with Crippen LogP contribution in [-0.2, 0) is 12.8 Å². The molecule has 2 aliphatic carbocycles. The van der Waals surface area contributed by atoms with Gasteiger partial charge >= 0.3 is 0 Å². The molecule has 30 heavy (non-hydrogen) atoms. The summed E-state index contributed by atoms with van der Waals surface area (Å²) in [6.45, 7) is 6.64. The molecular weight excluding hydrogens is 362 g/mol. The third-order valence-electron chi connectivity index (χ3n) is 6.50. The maximum atomic E-state index is 4.51. The van der Waals surface area contributed by atoms with Gasteiger partial charge in [-0.15, -0.1) is 0 Å². The first kappa shape index (κ1) is 17.3. The van der Waals surface area contributed by atoms with E-state index in [1.807, 2.05) is 0 Å². The maximum Gasteiger partial charge on any atom is 0.0581 e. The minimum Gasteiger partial charge on any atom is -0.316 e. The predicted octanol–water partition coefficient (Wildman–Crippen LogP) is 7.37. The quantitative estimate of drug-likeness (QED) is 0.331. The first-order valence-electron chi connectivity index (χ1n) is 10.6. The van der Waals surface area contributed by atoms with Crippen molar-refractivity contribution in [3.05, 3.63) is 119 Å². The zero-order chi connectivity index (χ0) is 20.2. The van der Waals surface area contributed by atoms with Crippen LogP contribution in [0.2, 0.25) is 0 Å². The Morgan fingerprint density at radius 2 is 1.70 bits per heavy atom. The number of aryl methyl sites for hydroxylation is 1. The average Bonchev–Trinajstić information content (AvgIpc) is 3.37. The lowest BCUT2D eigenvalue weighted by Gasteiger charge is -2.30. The van der Waals surface area contributed by atoms with Crippen molar-refractivity contribution in [1.82, 2.24) is 0 Å². The summed E-state index contributed by atoms with van der Waals surface area (Å²) in [7, 11) is 0. The fourth-order valence-electron chi connectivity index (χ4n) is 5.12. The van der Waals surface area contributed by atoms with Gasteiger partial charge < -0.3 is 4.90 Å². The summed E-state index contributed by atoms with van der Waals surface area (Å²) in [4.78, 5) is 2.36. The molecule has 0 unspecified atom stereocenters. The highest BCUT2D eigenvalue weighted by Crippen LogP contribution is 2.52. The Hall–Kier alpha value is -3.58. The highest BCUT2D eigenvalue weighted by atomic mass is 15.1. The zero-order valence-electron chi connectivity index (χ0n) is 17.2. The molecule has 0 radical (unpaired) electrons. The SMILES string of the molecule is C=C1/C=C\C=C/N(c2ccc(C)cc2)c2c3c(c4c(c21)-c1ccccc1C4)C=CC3. The molecule has 6 rings (SSSR count). The Balaban J connectivity index is 1.72. The lowest BCUT2D eigenvalue weighted by atomic mass is 9.86. The van der Waals surface area contributed by atoms with E-state index < -0.39 is 0 Å². The van der Waals surface area contributed by atoms with Gasteiger partial charge in [-0.1, -0.05) is 72.8 Å². The molecule has 0 saturated carbocycles. The summed E-state index contributed by atoms with van der Waals surface area (Å²) in [5, 5.41) is 0. The maximum absolute atomic E-state index is 4.51. The second-order valence-electron chi connectivity index (χ2n) is 8.34. The molecule has 1 heterocycles. The number of anilines is 2. The molecule has 1 heteroatoms. The first-order chi connectivity index (χ1) is 14.7.